The van der Waals surface area contributed by atoms with Crippen molar-refractivity contribution in [2.24, 2.45) is 0 Å². The van der Waals surface area contributed by atoms with Gasteiger partial charge < -0.3 is 4.74 Å². The summed E-state index contributed by atoms with van der Waals surface area (Å²) in [6, 6.07) is 7.41. The van der Waals surface area contributed by atoms with Gasteiger partial charge >= 0.3 is 0 Å². The molecule has 1 aromatic carbocycles. The van der Waals surface area contributed by atoms with Gasteiger partial charge in [0, 0.05) is 5.56 Å². The number of hydrogen-bond donors (Lipinski definition) is 0. The fraction of sp³-hybridized carbons (Fsp3) is 0.417. The molecule has 0 saturated carbocycles. The summed E-state index contributed by atoms with van der Waals surface area (Å²) in [4.78, 5) is 12.0. The molecule has 1 aliphatic rings. The molecule has 0 aliphatic carbocycles. The summed E-state index contributed by atoms with van der Waals surface area (Å²) in [5, 5.41) is 0.164. The molecule has 2 rings (SSSR count). The van der Waals surface area contributed by atoms with Crippen molar-refractivity contribution in [2.75, 3.05) is 12.9 Å². The molecular weight excluding hydrogens is 208 g/mol. The quantitative estimate of drug-likeness (QED) is 0.736. The number of hydrogen-bond acceptors (Lipinski definition) is 3. The first-order valence-electron chi connectivity index (χ1n) is 5.11. The minimum atomic E-state index is 0.164. The zero-order chi connectivity index (χ0) is 10.7. The maximum atomic E-state index is 12.0. The zero-order valence-electron chi connectivity index (χ0n) is 8.73. The van der Waals surface area contributed by atoms with Crippen molar-refractivity contribution < 1.29 is 9.53 Å². The van der Waals surface area contributed by atoms with E-state index in [0.29, 0.717) is 0 Å². The van der Waals surface area contributed by atoms with Crippen molar-refractivity contribution in [3.63, 3.8) is 0 Å². The van der Waals surface area contributed by atoms with Crippen molar-refractivity contribution in [3.05, 3.63) is 29.8 Å². The smallest absolute Gasteiger partial charge is 0.175 e. The minimum absolute atomic E-state index is 0.164. The van der Waals surface area contributed by atoms with Crippen LogP contribution in [-0.2, 0) is 0 Å². The summed E-state index contributed by atoms with van der Waals surface area (Å²) in [7, 11) is 1.62. The molecule has 1 aromatic rings. The zero-order valence-corrected chi connectivity index (χ0v) is 9.55. The van der Waals surface area contributed by atoms with E-state index in [4.69, 9.17) is 4.74 Å². The van der Waals surface area contributed by atoms with Crippen LogP contribution in [0.15, 0.2) is 24.3 Å². The highest BCUT2D eigenvalue weighted by atomic mass is 32.2. The Balaban J connectivity index is 2.17. The molecule has 0 bridgehead atoms. The normalized spacial score (nSPS) is 20.2. The van der Waals surface area contributed by atoms with Gasteiger partial charge in [0.15, 0.2) is 5.78 Å². The van der Waals surface area contributed by atoms with Crippen molar-refractivity contribution in [2.45, 2.75) is 18.1 Å². The highest BCUT2D eigenvalue weighted by molar-refractivity contribution is 8.00. The highest BCUT2D eigenvalue weighted by Crippen LogP contribution is 2.29. The van der Waals surface area contributed by atoms with E-state index >= 15 is 0 Å². The maximum Gasteiger partial charge on any atom is 0.175 e. The lowest BCUT2D eigenvalue weighted by Gasteiger charge is -2.08. The van der Waals surface area contributed by atoms with Crippen LogP contribution in [-0.4, -0.2) is 23.9 Å². The van der Waals surface area contributed by atoms with Gasteiger partial charge in [-0.1, -0.05) is 12.1 Å². The third kappa shape index (κ3) is 2.34. The number of methoxy groups -OCH3 is 1. The molecule has 2 nitrogen and oxygen atoms in total. The fourth-order valence-electron chi connectivity index (χ4n) is 1.75. The number of ketones is 1. The van der Waals surface area contributed by atoms with Gasteiger partial charge in [-0.3, -0.25) is 4.79 Å². The summed E-state index contributed by atoms with van der Waals surface area (Å²) >= 11 is 1.77. The molecule has 3 heteroatoms. The monoisotopic (exact) mass is 222 g/mol. The molecule has 0 spiro atoms. The third-order valence-electron chi connectivity index (χ3n) is 2.58. The summed E-state index contributed by atoms with van der Waals surface area (Å²) in [5.41, 5.74) is 0.772. The van der Waals surface area contributed by atoms with Gasteiger partial charge in [0.05, 0.1) is 12.4 Å². The number of thioether (sulfide) groups is 1. The van der Waals surface area contributed by atoms with E-state index < -0.39 is 0 Å². The van der Waals surface area contributed by atoms with E-state index in [9.17, 15) is 4.79 Å². The van der Waals surface area contributed by atoms with E-state index in [1.807, 2.05) is 24.3 Å². The van der Waals surface area contributed by atoms with Gasteiger partial charge in [-0.05, 0) is 30.7 Å². The minimum Gasteiger partial charge on any atom is -0.497 e. The number of Topliss-reactive ketones (excluding diaryl/α,β-unsaturated/α-hetero) is 1. The Morgan fingerprint density at radius 1 is 1.53 bits per heavy atom. The third-order valence-corrected chi connectivity index (χ3v) is 3.95. The van der Waals surface area contributed by atoms with Crippen molar-refractivity contribution in [1.82, 2.24) is 0 Å². The van der Waals surface area contributed by atoms with E-state index in [1.54, 1.807) is 18.9 Å². The fourth-order valence-corrected chi connectivity index (χ4v) is 2.99. The Morgan fingerprint density at radius 3 is 3.07 bits per heavy atom. The molecule has 1 aliphatic heterocycles. The Kier molecular flexibility index (Phi) is 3.31. The van der Waals surface area contributed by atoms with Crippen LogP contribution >= 0.6 is 11.8 Å². The molecule has 1 unspecified atom stereocenters. The van der Waals surface area contributed by atoms with Gasteiger partial charge in [-0.2, -0.15) is 11.8 Å². The van der Waals surface area contributed by atoms with Crippen LogP contribution in [0, 0.1) is 0 Å². The Morgan fingerprint density at radius 2 is 2.40 bits per heavy atom. The first-order chi connectivity index (χ1) is 7.31. The molecule has 0 amide bonds. The molecule has 1 heterocycles. The number of carbonyl (C=O) groups is 1. The van der Waals surface area contributed by atoms with E-state index in [1.165, 1.54) is 0 Å². The van der Waals surface area contributed by atoms with Crippen molar-refractivity contribution >= 4 is 17.5 Å². The lowest BCUT2D eigenvalue weighted by molar-refractivity contribution is 0.0988. The van der Waals surface area contributed by atoms with Crippen LogP contribution in [0.5, 0.6) is 5.75 Å². The second-order valence-electron chi connectivity index (χ2n) is 3.60. The number of benzene rings is 1. The largest absolute Gasteiger partial charge is 0.497 e. The Labute approximate surface area is 94.0 Å². The lowest BCUT2D eigenvalue weighted by atomic mass is 10.1. The van der Waals surface area contributed by atoms with E-state index in [-0.39, 0.29) is 11.0 Å². The molecule has 0 N–H and O–H groups in total. The molecule has 0 radical (unpaired) electrons. The summed E-state index contributed by atoms with van der Waals surface area (Å²) in [5.74, 6) is 2.11. The molecule has 0 aromatic heterocycles. The van der Waals surface area contributed by atoms with Gasteiger partial charge in [0.2, 0.25) is 0 Å². The van der Waals surface area contributed by atoms with Crippen LogP contribution in [0.3, 0.4) is 0 Å². The lowest BCUT2D eigenvalue weighted by Crippen LogP contribution is -2.13. The predicted octanol–water partition coefficient (Wildman–Crippen LogP) is 2.77. The highest BCUT2D eigenvalue weighted by Gasteiger charge is 2.24. The molecule has 1 atom stereocenters. The van der Waals surface area contributed by atoms with Crippen LogP contribution in [0.25, 0.3) is 0 Å². The summed E-state index contributed by atoms with van der Waals surface area (Å²) in [6.45, 7) is 0. The topological polar surface area (TPSA) is 26.3 Å². The van der Waals surface area contributed by atoms with Crippen LogP contribution in [0.1, 0.15) is 23.2 Å². The molecule has 1 saturated heterocycles. The number of ether oxygens (including phenoxy) is 1. The summed E-state index contributed by atoms with van der Waals surface area (Å²) < 4.78 is 5.11. The average molecular weight is 222 g/mol. The Bertz CT molecular complexity index is 356. The van der Waals surface area contributed by atoms with Crippen LogP contribution in [0.4, 0.5) is 0 Å². The maximum absolute atomic E-state index is 12.0. The molecule has 80 valence electrons. The van der Waals surface area contributed by atoms with Gasteiger partial charge in [0.25, 0.3) is 0 Å². The second-order valence-corrected chi connectivity index (χ2v) is 4.91. The van der Waals surface area contributed by atoms with Crippen LogP contribution < -0.4 is 4.74 Å². The molecule has 15 heavy (non-hydrogen) atoms. The van der Waals surface area contributed by atoms with Crippen LogP contribution in [0.2, 0.25) is 0 Å². The SMILES string of the molecule is COc1cccc(C(=O)C2CCCS2)c1. The first-order valence-corrected chi connectivity index (χ1v) is 6.16. The standard InChI is InChI=1S/C12H14O2S/c1-14-10-5-2-4-9(8-10)12(13)11-6-3-7-15-11/h2,4-5,8,11H,3,6-7H2,1H3. The van der Waals surface area contributed by atoms with Crippen molar-refractivity contribution in [1.29, 1.82) is 0 Å². The second kappa shape index (κ2) is 4.71. The van der Waals surface area contributed by atoms with Crippen molar-refractivity contribution in [3.8, 4) is 5.75 Å². The van der Waals surface area contributed by atoms with E-state index in [2.05, 4.69) is 0 Å². The Hall–Kier alpha value is -0.960. The average Bonchev–Trinajstić information content (AvgIpc) is 2.81. The number of carbonyl (C=O) groups excluding carboxylic acids is 1. The van der Waals surface area contributed by atoms with Gasteiger partial charge in [-0.15, -0.1) is 0 Å². The van der Waals surface area contributed by atoms with E-state index in [0.717, 1.165) is 29.9 Å². The number of rotatable bonds is 3. The first kappa shape index (κ1) is 10.6. The molecular formula is C12H14O2S. The van der Waals surface area contributed by atoms with Gasteiger partial charge in [-0.25, -0.2) is 0 Å². The summed E-state index contributed by atoms with van der Waals surface area (Å²) in [6.07, 6.45) is 2.17. The molecule has 1 fully saturated rings. The van der Waals surface area contributed by atoms with Gasteiger partial charge in [0.1, 0.15) is 5.75 Å². The predicted molar refractivity (Wildman–Crippen MR) is 62.8 cm³/mol.